The number of halogens is 2. The number of hydrogen-bond donors (Lipinski definition) is 1. The van der Waals surface area contributed by atoms with Crippen molar-refractivity contribution in [3.05, 3.63) is 56.2 Å². The maximum atomic E-state index is 6.31. The highest BCUT2D eigenvalue weighted by molar-refractivity contribution is 7.07. The lowest BCUT2D eigenvalue weighted by Crippen LogP contribution is -2.21. The van der Waals surface area contributed by atoms with E-state index in [1.165, 1.54) is 5.56 Å². The fourth-order valence-corrected chi connectivity index (χ4v) is 3.29. The normalized spacial score (nSPS) is 12.6. The van der Waals surface area contributed by atoms with Gasteiger partial charge < -0.3 is 5.32 Å². The molecule has 2 aromatic rings. The first-order valence-corrected chi connectivity index (χ1v) is 8.10. The lowest BCUT2D eigenvalue weighted by Gasteiger charge is -2.20. The van der Waals surface area contributed by atoms with Crippen LogP contribution < -0.4 is 5.32 Å². The van der Waals surface area contributed by atoms with Gasteiger partial charge in [0, 0.05) is 6.04 Å². The van der Waals surface area contributed by atoms with Crippen LogP contribution in [0.5, 0.6) is 0 Å². The number of thiophene rings is 1. The Hall–Kier alpha value is -0.540. The lowest BCUT2D eigenvalue weighted by atomic mass is 10.00. The molecule has 0 aliphatic rings. The van der Waals surface area contributed by atoms with E-state index in [0.717, 1.165) is 24.9 Å². The number of aryl methyl sites for hydroxylation is 1. The zero-order valence-electron chi connectivity index (χ0n) is 10.8. The molecule has 1 aromatic heterocycles. The molecule has 1 atom stereocenters. The summed E-state index contributed by atoms with van der Waals surface area (Å²) in [5.74, 6) is 0. The third kappa shape index (κ3) is 3.96. The van der Waals surface area contributed by atoms with Crippen molar-refractivity contribution in [3.63, 3.8) is 0 Å². The Balaban J connectivity index is 2.12. The van der Waals surface area contributed by atoms with Gasteiger partial charge in [0.15, 0.2) is 0 Å². The number of rotatable bonds is 6. The van der Waals surface area contributed by atoms with Gasteiger partial charge in [0.05, 0.1) is 10.0 Å². The number of hydrogen-bond acceptors (Lipinski definition) is 2. The van der Waals surface area contributed by atoms with E-state index >= 15 is 0 Å². The van der Waals surface area contributed by atoms with Crippen molar-refractivity contribution in [1.82, 2.24) is 5.32 Å². The molecular formula is C15H17Cl2NS. The van der Waals surface area contributed by atoms with E-state index in [4.69, 9.17) is 23.2 Å². The highest BCUT2D eigenvalue weighted by atomic mass is 35.5. The van der Waals surface area contributed by atoms with Crippen molar-refractivity contribution in [2.24, 2.45) is 0 Å². The van der Waals surface area contributed by atoms with E-state index in [2.05, 4.69) is 35.1 Å². The summed E-state index contributed by atoms with van der Waals surface area (Å²) < 4.78 is 0. The average Bonchev–Trinajstić information content (AvgIpc) is 2.91. The molecule has 1 N–H and O–H groups in total. The zero-order chi connectivity index (χ0) is 13.7. The van der Waals surface area contributed by atoms with Gasteiger partial charge in [-0.1, -0.05) is 42.3 Å². The average molecular weight is 314 g/mol. The molecule has 19 heavy (non-hydrogen) atoms. The van der Waals surface area contributed by atoms with Gasteiger partial charge in [0.25, 0.3) is 0 Å². The standard InChI is InChI=1S/C15H17Cl2NS/c1-2-18-14(7-6-11-8-9-19-10-11)12-4-3-5-13(16)15(12)17/h3-5,8-10,14,18H,2,6-7H2,1H3. The Morgan fingerprint density at radius 1 is 1.26 bits per heavy atom. The van der Waals surface area contributed by atoms with Crippen LogP contribution in [-0.4, -0.2) is 6.54 Å². The summed E-state index contributed by atoms with van der Waals surface area (Å²) in [5.41, 5.74) is 2.47. The largest absolute Gasteiger partial charge is 0.310 e. The molecule has 0 saturated heterocycles. The van der Waals surface area contributed by atoms with Crippen molar-refractivity contribution in [1.29, 1.82) is 0 Å². The van der Waals surface area contributed by atoms with Crippen molar-refractivity contribution < 1.29 is 0 Å². The monoisotopic (exact) mass is 313 g/mol. The SMILES string of the molecule is CCNC(CCc1ccsc1)c1cccc(Cl)c1Cl. The Bertz CT molecular complexity index is 511. The van der Waals surface area contributed by atoms with E-state index in [9.17, 15) is 0 Å². The maximum Gasteiger partial charge on any atom is 0.0640 e. The molecule has 0 amide bonds. The summed E-state index contributed by atoms with van der Waals surface area (Å²) >= 11 is 14.2. The van der Waals surface area contributed by atoms with Crippen LogP contribution in [0.2, 0.25) is 10.0 Å². The first-order valence-electron chi connectivity index (χ1n) is 6.40. The van der Waals surface area contributed by atoms with Crippen LogP contribution in [0.15, 0.2) is 35.0 Å². The molecule has 102 valence electrons. The van der Waals surface area contributed by atoms with Crippen molar-refractivity contribution in [2.45, 2.75) is 25.8 Å². The van der Waals surface area contributed by atoms with Gasteiger partial charge in [-0.15, -0.1) is 0 Å². The third-order valence-electron chi connectivity index (χ3n) is 3.11. The first-order chi connectivity index (χ1) is 9.22. The van der Waals surface area contributed by atoms with Gasteiger partial charge in [0.2, 0.25) is 0 Å². The maximum absolute atomic E-state index is 6.31. The Kier molecular flexibility index (Phi) is 5.71. The van der Waals surface area contributed by atoms with Crippen LogP contribution >= 0.6 is 34.5 Å². The van der Waals surface area contributed by atoms with E-state index in [0.29, 0.717) is 10.0 Å². The molecule has 0 fully saturated rings. The molecule has 4 heteroatoms. The second-order valence-corrected chi connectivity index (χ2v) is 5.99. The molecule has 0 saturated carbocycles. The second kappa shape index (κ2) is 7.30. The molecule has 0 aliphatic heterocycles. The predicted molar refractivity (Wildman–Crippen MR) is 85.5 cm³/mol. The molecule has 0 radical (unpaired) electrons. The summed E-state index contributed by atoms with van der Waals surface area (Å²) in [5, 5.41) is 9.09. The molecule has 1 aromatic carbocycles. The molecule has 1 unspecified atom stereocenters. The van der Waals surface area contributed by atoms with Gasteiger partial charge in [-0.25, -0.2) is 0 Å². The molecule has 1 nitrogen and oxygen atoms in total. The van der Waals surface area contributed by atoms with Crippen LogP contribution in [0.25, 0.3) is 0 Å². The number of nitrogens with one attached hydrogen (secondary N) is 1. The minimum Gasteiger partial charge on any atom is -0.310 e. The van der Waals surface area contributed by atoms with Crippen LogP contribution in [0.1, 0.15) is 30.5 Å². The smallest absolute Gasteiger partial charge is 0.0640 e. The van der Waals surface area contributed by atoms with Crippen molar-refractivity contribution >= 4 is 34.5 Å². The zero-order valence-corrected chi connectivity index (χ0v) is 13.2. The highest BCUT2D eigenvalue weighted by Crippen LogP contribution is 2.32. The molecule has 0 aliphatic carbocycles. The Labute approximate surface area is 128 Å². The van der Waals surface area contributed by atoms with E-state index in [1.807, 2.05) is 12.1 Å². The predicted octanol–water partition coefficient (Wildman–Crippen LogP) is 5.34. The van der Waals surface area contributed by atoms with Gasteiger partial charge in [0.1, 0.15) is 0 Å². The van der Waals surface area contributed by atoms with Crippen molar-refractivity contribution in [3.8, 4) is 0 Å². The summed E-state index contributed by atoms with van der Waals surface area (Å²) in [7, 11) is 0. The van der Waals surface area contributed by atoms with E-state index in [1.54, 1.807) is 11.3 Å². The van der Waals surface area contributed by atoms with Crippen LogP contribution in [0.4, 0.5) is 0 Å². The number of benzene rings is 1. The quantitative estimate of drug-likeness (QED) is 0.759. The fraction of sp³-hybridized carbons (Fsp3) is 0.333. The van der Waals surface area contributed by atoms with E-state index in [-0.39, 0.29) is 6.04 Å². The minimum atomic E-state index is 0.246. The summed E-state index contributed by atoms with van der Waals surface area (Å²) in [6.45, 7) is 3.02. The molecular weight excluding hydrogens is 297 g/mol. The minimum absolute atomic E-state index is 0.246. The fourth-order valence-electron chi connectivity index (χ4n) is 2.15. The summed E-state index contributed by atoms with van der Waals surface area (Å²) in [6, 6.07) is 8.26. The topological polar surface area (TPSA) is 12.0 Å². The van der Waals surface area contributed by atoms with Crippen molar-refractivity contribution in [2.75, 3.05) is 6.54 Å². The summed E-state index contributed by atoms with van der Waals surface area (Å²) in [6.07, 6.45) is 2.06. The highest BCUT2D eigenvalue weighted by Gasteiger charge is 2.15. The lowest BCUT2D eigenvalue weighted by molar-refractivity contribution is 0.516. The third-order valence-corrected chi connectivity index (χ3v) is 4.67. The molecule has 2 rings (SSSR count). The van der Waals surface area contributed by atoms with Gasteiger partial charge >= 0.3 is 0 Å². The summed E-state index contributed by atoms with van der Waals surface area (Å²) in [4.78, 5) is 0. The molecule has 0 bridgehead atoms. The first kappa shape index (κ1) is 14.9. The second-order valence-electron chi connectivity index (χ2n) is 4.42. The van der Waals surface area contributed by atoms with Gasteiger partial charge in [-0.2, -0.15) is 11.3 Å². The van der Waals surface area contributed by atoms with Crippen LogP contribution in [0, 0.1) is 0 Å². The Morgan fingerprint density at radius 3 is 2.79 bits per heavy atom. The molecule has 0 spiro atoms. The van der Waals surface area contributed by atoms with Gasteiger partial charge in [-0.05, 0) is 53.4 Å². The van der Waals surface area contributed by atoms with Crippen LogP contribution in [-0.2, 0) is 6.42 Å². The van der Waals surface area contributed by atoms with E-state index < -0.39 is 0 Å². The Morgan fingerprint density at radius 2 is 2.11 bits per heavy atom. The van der Waals surface area contributed by atoms with Gasteiger partial charge in [-0.3, -0.25) is 0 Å². The molecule has 1 heterocycles. The van der Waals surface area contributed by atoms with Crippen LogP contribution in [0.3, 0.4) is 0 Å².